The first-order chi connectivity index (χ1) is 10.1. The monoisotopic (exact) mass is 292 g/mol. The van der Waals surface area contributed by atoms with Crippen LogP contribution in [0.5, 0.6) is 0 Å². The van der Waals surface area contributed by atoms with Crippen molar-refractivity contribution in [2.75, 3.05) is 31.2 Å². The topological polar surface area (TPSA) is 92.9 Å². The van der Waals surface area contributed by atoms with E-state index >= 15 is 0 Å². The second-order valence-corrected chi connectivity index (χ2v) is 4.63. The van der Waals surface area contributed by atoms with E-state index in [0.717, 1.165) is 12.5 Å². The van der Waals surface area contributed by atoms with Gasteiger partial charge in [0, 0.05) is 31.8 Å². The van der Waals surface area contributed by atoms with Gasteiger partial charge in [-0.25, -0.2) is 4.79 Å². The largest absolute Gasteiger partial charge is 0.478 e. The zero-order chi connectivity index (χ0) is 15.2. The number of benzene rings is 1. The molecule has 0 saturated carbocycles. The van der Waals surface area contributed by atoms with Gasteiger partial charge in [0.25, 0.3) is 5.69 Å². The van der Waals surface area contributed by atoms with E-state index in [1.54, 1.807) is 12.1 Å². The van der Waals surface area contributed by atoms with Crippen LogP contribution in [-0.2, 0) is 9.53 Å². The molecule has 0 spiro atoms. The summed E-state index contributed by atoms with van der Waals surface area (Å²) in [4.78, 5) is 23.2. The number of hydrogen-bond donors (Lipinski definition) is 1. The first kappa shape index (κ1) is 15.0. The number of nitro benzene ring substituents is 1. The van der Waals surface area contributed by atoms with Crippen molar-refractivity contribution in [2.45, 2.75) is 6.42 Å². The van der Waals surface area contributed by atoms with Gasteiger partial charge in [0.1, 0.15) is 5.69 Å². The van der Waals surface area contributed by atoms with Gasteiger partial charge in [-0.3, -0.25) is 10.1 Å². The summed E-state index contributed by atoms with van der Waals surface area (Å²) >= 11 is 0. The van der Waals surface area contributed by atoms with Crippen LogP contribution in [0, 0.1) is 10.1 Å². The molecule has 21 heavy (non-hydrogen) atoms. The third-order valence-electron chi connectivity index (χ3n) is 3.18. The molecule has 1 aromatic rings. The van der Waals surface area contributed by atoms with Crippen LogP contribution in [0.3, 0.4) is 0 Å². The number of carbonyl (C=O) groups is 1. The Morgan fingerprint density at radius 3 is 2.90 bits per heavy atom. The first-order valence-electron chi connectivity index (χ1n) is 6.60. The maximum Gasteiger partial charge on any atom is 0.328 e. The molecule has 0 bridgehead atoms. The van der Waals surface area contributed by atoms with Crippen LogP contribution in [0.15, 0.2) is 24.3 Å². The van der Waals surface area contributed by atoms with Gasteiger partial charge in [-0.1, -0.05) is 6.07 Å². The van der Waals surface area contributed by atoms with Gasteiger partial charge in [-0.15, -0.1) is 0 Å². The molecule has 0 unspecified atom stereocenters. The molecule has 1 fully saturated rings. The van der Waals surface area contributed by atoms with E-state index in [2.05, 4.69) is 0 Å². The van der Waals surface area contributed by atoms with Crippen molar-refractivity contribution in [1.29, 1.82) is 0 Å². The molecule has 1 N–H and O–H groups in total. The van der Waals surface area contributed by atoms with Gasteiger partial charge in [0.05, 0.1) is 11.5 Å². The van der Waals surface area contributed by atoms with Gasteiger partial charge in [0.2, 0.25) is 0 Å². The average Bonchev–Trinajstić information content (AvgIpc) is 2.73. The van der Waals surface area contributed by atoms with Gasteiger partial charge in [-0.2, -0.15) is 0 Å². The van der Waals surface area contributed by atoms with Crippen molar-refractivity contribution in [2.24, 2.45) is 0 Å². The Bertz CT molecular complexity index is 562. The highest BCUT2D eigenvalue weighted by Crippen LogP contribution is 2.30. The first-order valence-corrected chi connectivity index (χ1v) is 6.60. The highest BCUT2D eigenvalue weighted by molar-refractivity contribution is 5.85. The molecule has 112 valence electrons. The molecule has 1 aromatic carbocycles. The number of ether oxygens (including phenoxy) is 1. The van der Waals surface area contributed by atoms with Crippen LogP contribution >= 0.6 is 0 Å². The second-order valence-electron chi connectivity index (χ2n) is 4.63. The van der Waals surface area contributed by atoms with E-state index in [4.69, 9.17) is 9.84 Å². The molecular weight excluding hydrogens is 276 g/mol. The molecule has 1 aliphatic heterocycles. The molecule has 1 heterocycles. The number of rotatable bonds is 4. The standard InChI is InChI=1S/C14H16N2O5/c17-14(18)5-3-11-2-4-12(13(10-11)16(19)20)15-6-1-8-21-9-7-15/h2-5,10H,1,6-9H2,(H,17,18). The Morgan fingerprint density at radius 1 is 1.38 bits per heavy atom. The fraction of sp³-hybridized carbons (Fsp3) is 0.357. The highest BCUT2D eigenvalue weighted by Gasteiger charge is 2.20. The molecule has 2 rings (SSSR count). The van der Waals surface area contributed by atoms with Crippen molar-refractivity contribution >= 4 is 23.4 Å². The quantitative estimate of drug-likeness (QED) is 0.517. The molecule has 1 saturated heterocycles. The lowest BCUT2D eigenvalue weighted by Gasteiger charge is -2.21. The van der Waals surface area contributed by atoms with Crippen LogP contribution in [-0.4, -0.2) is 42.3 Å². The van der Waals surface area contributed by atoms with E-state index in [-0.39, 0.29) is 5.69 Å². The summed E-state index contributed by atoms with van der Waals surface area (Å²) in [7, 11) is 0. The molecule has 7 heteroatoms. The predicted octanol–water partition coefficient (Wildman–Crippen LogP) is 1.92. The Morgan fingerprint density at radius 2 is 2.19 bits per heavy atom. The van der Waals surface area contributed by atoms with Gasteiger partial charge in [0.15, 0.2) is 0 Å². The van der Waals surface area contributed by atoms with Crippen LogP contribution in [0.4, 0.5) is 11.4 Å². The summed E-state index contributed by atoms with van der Waals surface area (Å²) in [6, 6.07) is 4.72. The van der Waals surface area contributed by atoms with Crippen LogP contribution in [0.2, 0.25) is 0 Å². The van der Waals surface area contributed by atoms with Gasteiger partial charge in [-0.05, 0) is 24.1 Å². The molecule has 7 nitrogen and oxygen atoms in total. The molecule has 0 radical (unpaired) electrons. The summed E-state index contributed by atoms with van der Waals surface area (Å²) in [5.74, 6) is -1.09. The van der Waals surface area contributed by atoms with Crippen molar-refractivity contribution < 1.29 is 19.6 Å². The number of carboxylic acids is 1. The van der Waals surface area contributed by atoms with Gasteiger partial charge < -0.3 is 14.7 Å². The summed E-state index contributed by atoms with van der Waals surface area (Å²) in [6.45, 7) is 2.50. The normalized spacial score (nSPS) is 15.9. The van der Waals surface area contributed by atoms with Crippen molar-refractivity contribution in [1.82, 2.24) is 0 Å². The van der Waals surface area contributed by atoms with Crippen LogP contribution in [0.25, 0.3) is 6.08 Å². The lowest BCUT2D eigenvalue weighted by atomic mass is 10.1. The fourth-order valence-corrected chi connectivity index (χ4v) is 2.21. The minimum absolute atomic E-state index is 0.0237. The third kappa shape index (κ3) is 4.03. The number of hydrogen-bond acceptors (Lipinski definition) is 5. The highest BCUT2D eigenvalue weighted by atomic mass is 16.6. The summed E-state index contributed by atoms with van der Waals surface area (Å²) in [6.07, 6.45) is 3.11. The maximum atomic E-state index is 11.2. The van der Waals surface area contributed by atoms with E-state index in [0.29, 0.717) is 37.6 Å². The molecule has 1 aliphatic rings. The average molecular weight is 292 g/mol. The van der Waals surface area contributed by atoms with Crippen LogP contribution < -0.4 is 4.90 Å². The predicted molar refractivity (Wildman–Crippen MR) is 77.4 cm³/mol. The lowest BCUT2D eigenvalue weighted by molar-refractivity contribution is -0.384. The van der Waals surface area contributed by atoms with Crippen molar-refractivity contribution in [3.63, 3.8) is 0 Å². The van der Waals surface area contributed by atoms with E-state index in [1.165, 1.54) is 12.1 Å². The number of carboxylic acid groups (broad SMARTS) is 1. The minimum Gasteiger partial charge on any atom is -0.478 e. The Kier molecular flexibility index (Phi) is 4.89. The molecule has 0 atom stereocenters. The Hall–Kier alpha value is -2.41. The van der Waals surface area contributed by atoms with E-state index in [9.17, 15) is 14.9 Å². The maximum absolute atomic E-state index is 11.2. The van der Waals surface area contributed by atoms with Gasteiger partial charge >= 0.3 is 5.97 Å². The fourth-order valence-electron chi connectivity index (χ4n) is 2.21. The number of nitro groups is 1. The molecular formula is C14H16N2O5. The zero-order valence-corrected chi connectivity index (χ0v) is 11.4. The van der Waals surface area contributed by atoms with Crippen molar-refractivity contribution in [3.8, 4) is 0 Å². The summed E-state index contributed by atoms with van der Waals surface area (Å²) in [5.41, 5.74) is 1.00. The lowest BCUT2D eigenvalue weighted by Crippen LogP contribution is -2.26. The molecule has 0 amide bonds. The molecule has 0 aliphatic carbocycles. The smallest absolute Gasteiger partial charge is 0.328 e. The SMILES string of the molecule is O=C(O)C=Cc1ccc(N2CCCOCC2)c([N+](=O)[O-])c1. The van der Waals surface area contributed by atoms with E-state index in [1.807, 2.05) is 4.90 Å². The number of nitrogens with zero attached hydrogens (tertiary/aromatic N) is 2. The second kappa shape index (κ2) is 6.85. The zero-order valence-electron chi connectivity index (χ0n) is 11.4. The summed E-state index contributed by atoms with van der Waals surface area (Å²) < 4.78 is 5.35. The third-order valence-corrected chi connectivity index (χ3v) is 3.18. The minimum atomic E-state index is -1.09. The van der Waals surface area contributed by atoms with Crippen LogP contribution in [0.1, 0.15) is 12.0 Å². The number of aliphatic carboxylic acids is 1. The van der Waals surface area contributed by atoms with E-state index < -0.39 is 10.9 Å². The Balaban J connectivity index is 2.32. The number of anilines is 1. The van der Waals surface area contributed by atoms with Crippen molar-refractivity contribution in [3.05, 3.63) is 40.0 Å². The Labute approximate surface area is 121 Å². The molecule has 0 aromatic heterocycles. The summed E-state index contributed by atoms with van der Waals surface area (Å²) in [5, 5.41) is 19.8.